The van der Waals surface area contributed by atoms with Crippen molar-refractivity contribution >= 4 is 50.0 Å². The third-order valence-electron chi connectivity index (χ3n) is 10.5. The summed E-state index contributed by atoms with van der Waals surface area (Å²) in [6.45, 7) is 0. The fraction of sp³-hybridized carbons (Fsp3) is 0.0426. The summed E-state index contributed by atoms with van der Waals surface area (Å²) in [7, 11) is 0. The summed E-state index contributed by atoms with van der Waals surface area (Å²) in [5.74, 6) is 2.50. The van der Waals surface area contributed by atoms with Gasteiger partial charge in [-0.1, -0.05) is 134 Å². The zero-order valence-electron chi connectivity index (χ0n) is 27.9. The topological polar surface area (TPSA) is 65.0 Å². The first-order valence-corrected chi connectivity index (χ1v) is 17.6. The van der Waals surface area contributed by atoms with Gasteiger partial charge in [-0.25, -0.2) is 15.0 Å². The highest BCUT2D eigenvalue weighted by Crippen LogP contribution is 2.42. The summed E-state index contributed by atoms with van der Waals surface area (Å²) in [6, 6.07) is 43.7. The van der Waals surface area contributed by atoms with Crippen molar-refractivity contribution < 1.29 is 8.83 Å². The molecule has 0 radical (unpaired) electrons. The molecule has 0 spiro atoms. The Morgan fingerprint density at radius 1 is 0.462 bits per heavy atom. The minimum atomic E-state index is 0.287. The molecule has 2 aliphatic carbocycles. The molecule has 0 amide bonds. The molecule has 0 fully saturated rings. The minimum Gasteiger partial charge on any atom is -0.456 e. The van der Waals surface area contributed by atoms with Gasteiger partial charge in [0, 0.05) is 55.6 Å². The second-order valence-corrected chi connectivity index (χ2v) is 13.5. The second kappa shape index (κ2) is 11.3. The van der Waals surface area contributed by atoms with E-state index in [9.17, 15) is 0 Å². The Morgan fingerprint density at radius 2 is 1.21 bits per heavy atom. The molecule has 0 aliphatic heterocycles. The van der Waals surface area contributed by atoms with Crippen molar-refractivity contribution in [2.24, 2.45) is 5.92 Å². The molecular weight excluding hydrogens is 639 g/mol. The van der Waals surface area contributed by atoms with Crippen molar-refractivity contribution in [2.45, 2.75) is 5.92 Å². The van der Waals surface area contributed by atoms with Crippen LogP contribution in [0.15, 0.2) is 167 Å². The minimum absolute atomic E-state index is 0.287. The summed E-state index contributed by atoms with van der Waals surface area (Å²) in [6.07, 6.45) is 13.3. The lowest BCUT2D eigenvalue weighted by Gasteiger charge is -2.27. The van der Waals surface area contributed by atoms with Crippen molar-refractivity contribution in [3.8, 4) is 45.3 Å². The van der Waals surface area contributed by atoms with E-state index in [1.54, 1.807) is 0 Å². The highest BCUT2D eigenvalue weighted by molar-refractivity contribution is 6.14. The van der Waals surface area contributed by atoms with Crippen molar-refractivity contribution in [3.63, 3.8) is 0 Å². The Kier molecular flexibility index (Phi) is 6.31. The molecule has 5 heteroatoms. The van der Waals surface area contributed by atoms with E-state index < -0.39 is 0 Å². The molecule has 0 N–H and O–H groups in total. The molecule has 6 aromatic carbocycles. The van der Waals surface area contributed by atoms with Crippen LogP contribution in [-0.2, 0) is 0 Å². The SMILES string of the molecule is C1=CC2C=Cc3ccc(-c4nc(-c5ccccc5)nc(-c5cccc6oc7cc(-c8cccc9c8oc8ccccc89)ccc7c56)n4)cc3C2C=C1. The molecule has 3 heterocycles. The number of hydrogen-bond acceptors (Lipinski definition) is 5. The maximum absolute atomic E-state index is 6.57. The molecule has 244 valence electrons. The Morgan fingerprint density at radius 3 is 2.15 bits per heavy atom. The number of para-hydroxylation sites is 2. The predicted molar refractivity (Wildman–Crippen MR) is 210 cm³/mol. The van der Waals surface area contributed by atoms with E-state index in [1.165, 1.54) is 11.1 Å². The van der Waals surface area contributed by atoms with Gasteiger partial charge in [-0.3, -0.25) is 0 Å². The number of fused-ring (bicyclic) bond motifs is 9. The summed E-state index contributed by atoms with van der Waals surface area (Å²) >= 11 is 0. The van der Waals surface area contributed by atoms with Crippen molar-refractivity contribution in [2.75, 3.05) is 0 Å². The van der Waals surface area contributed by atoms with Gasteiger partial charge < -0.3 is 8.83 Å². The first-order chi connectivity index (χ1) is 25.7. The molecule has 52 heavy (non-hydrogen) atoms. The smallest absolute Gasteiger partial charge is 0.164 e. The highest BCUT2D eigenvalue weighted by atomic mass is 16.3. The van der Waals surface area contributed by atoms with E-state index in [4.69, 9.17) is 23.8 Å². The maximum atomic E-state index is 6.57. The summed E-state index contributed by atoms with van der Waals surface area (Å²) in [5.41, 5.74) is 10.7. The number of rotatable bonds is 4. The fourth-order valence-electron chi connectivity index (χ4n) is 7.98. The van der Waals surface area contributed by atoms with Gasteiger partial charge in [0.25, 0.3) is 0 Å². The molecule has 0 saturated carbocycles. The summed E-state index contributed by atoms with van der Waals surface area (Å²) in [5, 5.41) is 4.18. The zero-order chi connectivity index (χ0) is 34.2. The quantitative estimate of drug-likeness (QED) is 0.187. The molecule has 2 atom stereocenters. The zero-order valence-corrected chi connectivity index (χ0v) is 27.9. The number of nitrogens with zero attached hydrogens (tertiary/aromatic N) is 3. The lowest BCUT2D eigenvalue weighted by Crippen LogP contribution is -2.13. The monoisotopic (exact) mass is 667 g/mol. The van der Waals surface area contributed by atoms with Crippen LogP contribution in [0.2, 0.25) is 0 Å². The maximum Gasteiger partial charge on any atom is 0.164 e. The highest BCUT2D eigenvalue weighted by Gasteiger charge is 2.25. The standard InChI is InChI=1S/C47H29N3O2/c1-2-11-30(12-3-1)45-48-46(32-23-22-29-21-20-28-10-4-5-13-33(28)39(29)26-32)50-47(49-45)38-17-9-19-41-43(38)37-25-24-31(27-42(37)51-41)34-15-8-16-36-35-14-6-7-18-40(35)52-44(34)36/h1-28,33H. The second-order valence-electron chi connectivity index (χ2n) is 13.5. The average molecular weight is 668 g/mol. The van der Waals surface area contributed by atoms with Gasteiger partial charge in [-0.05, 0) is 47.0 Å². The van der Waals surface area contributed by atoms with E-state index in [1.807, 2.05) is 60.7 Å². The molecule has 11 rings (SSSR count). The molecule has 2 aliphatic rings. The van der Waals surface area contributed by atoms with Gasteiger partial charge in [-0.2, -0.15) is 0 Å². The molecular formula is C47H29N3O2. The number of allylic oxidation sites excluding steroid dienone is 5. The fourth-order valence-corrected chi connectivity index (χ4v) is 7.98. The van der Waals surface area contributed by atoms with Crippen molar-refractivity contribution in [1.29, 1.82) is 0 Å². The first kappa shape index (κ1) is 28.9. The lowest BCUT2D eigenvalue weighted by molar-refractivity contribution is 0.668. The Labute approximate surface area is 298 Å². The first-order valence-electron chi connectivity index (χ1n) is 17.6. The number of hydrogen-bond donors (Lipinski definition) is 0. The van der Waals surface area contributed by atoms with Gasteiger partial charge in [0.1, 0.15) is 22.3 Å². The molecule has 2 unspecified atom stereocenters. The summed E-state index contributed by atoms with van der Waals surface area (Å²) < 4.78 is 12.9. The number of aromatic nitrogens is 3. The Balaban J connectivity index is 1.08. The summed E-state index contributed by atoms with van der Waals surface area (Å²) in [4.78, 5) is 15.3. The molecule has 0 bridgehead atoms. The molecule has 3 aromatic heterocycles. The van der Waals surface area contributed by atoms with Gasteiger partial charge in [0.15, 0.2) is 17.5 Å². The van der Waals surface area contributed by atoms with E-state index in [0.717, 1.165) is 71.7 Å². The molecule has 9 aromatic rings. The van der Waals surface area contributed by atoms with E-state index in [2.05, 4.69) is 103 Å². The van der Waals surface area contributed by atoms with Crippen LogP contribution >= 0.6 is 0 Å². The van der Waals surface area contributed by atoms with Crippen molar-refractivity contribution in [3.05, 3.63) is 169 Å². The number of benzene rings is 6. The van der Waals surface area contributed by atoms with Crippen LogP contribution in [0.3, 0.4) is 0 Å². The lowest BCUT2D eigenvalue weighted by atomic mass is 9.77. The van der Waals surface area contributed by atoms with E-state index in [-0.39, 0.29) is 5.92 Å². The molecule has 0 saturated heterocycles. The Hall–Kier alpha value is -6.85. The normalized spacial score (nSPS) is 16.2. The average Bonchev–Trinajstić information content (AvgIpc) is 3.79. The van der Waals surface area contributed by atoms with Gasteiger partial charge in [-0.15, -0.1) is 0 Å². The van der Waals surface area contributed by atoms with Gasteiger partial charge in [0.05, 0.1) is 0 Å². The predicted octanol–water partition coefficient (Wildman–Crippen LogP) is 12.2. The van der Waals surface area contributed by atoms with E-state index in [0.29, 0.717) is 23.4 Å². The molecule has 5 nitrogen and oxygen atoms in total. The van der Waals surface area contributed by atoms with Crippen LogP contribution in [0.4, 0.5) is 0 Å². The number of furan rings is 2. The van der Waals surface area contributed by atoms with Crippen LogP contribution < -0.4 is 0 Å². The largest absolute Gasteiger partial charge is 0.456 e. The third-order valence-corrected chi connectivity index (χ3v) is 10.5. The van der Waals surface area contributed by atoms with Crippen LogP contribution in [0, 0.1) is 5.92 Å². The third kappa shape index (κ3) is 4.53. The van der Waals surface area contributed by atoms with Crippen LogP contribution in [0.5, 0.6) is 0 Å². The van der Waals surface area contributed by atoms with Crippen LogP contribution in [0.25, 0.3) is 95.2 Å². The van der Waals surface area contributed by atoms with Crippen molar-refractivity contribution in [1.82, 2.24) is 15.0 Å². The van der Waals surface area contributed by atoms with E-state index >= 15 is 0 Å². The van der Waals surface area contributed by atoms with Crippen LogP contribution in [0.1, 0.15) is 17.0 Å². The Bertz CT molecular complexity index is 2980. The van der Waals surface area contributed by atoms with Gasteiger partial charge >= 0.3 is 0 Å². The van der Waals surface area contributed by atoms with Crippen LogP contribution in [-0.4, -0.2) is 15.0 Å². The van der Waals surface area contributed by atoms with Gasteiger partial charge in [0.2, 0.25) is 0 Å².